The van der Waals surface area contributed by atoms with Crippen molar-refractivity contribution in [3.63, 3.8) is 0 Å². The molecular weight excluding hydrogens is 297 g/mol. The Hall–Kier alpha value is -1.09. The lowest BCUT2D eigenvalue weighted by atomic mass is 10.7. The van der Waals surface area contributed by atoms with Gasteiger partial charge in [0.15, 0.2) is 0 Å². The first-order chi connectivity index (χ1) is 7.98. The fraction of sp³-hybridized carbons (Fsp3) is 0.667. The van der Waals surface area contributed by atoms with Crippen molar-refractivity contribution in [2.75, 3.05) is 6.61 Å². The largest absolute Gasteiger partial charge is 0.491 e. The summed E-state index contributed by atoms with van der Waals surface area (Å²) in [6.07, 6.45) is -10.9. The van der Waals surface area contributed by atoms with Crippen LogP contribution in [-0.4, -0.2) is 30.9 Å². The number of carbonyl (C=O) groups is 2. The second-order valence-electron chi connectivity index (χ2n) is 2.39. The van der Waals surface area contributed by atoms with Gasteiger partial charge in [-0.1, -0.05) is 0 Å². The molecule has 0 saturated heterocycles. The van der Waals surface area contributed by atoms with Crippen LogP contribution in [0.5, 0.6) is 0 Å². The average molecular weight is 302 g/mol. The highest BCUT2D eigenvalue weighted by Crippen LogP contribution is 2.43. The summed E-state index contributed by atoms with van der Waals surface area (Å²) in [4.78, 5) is 20.6. The zero-order chi connectivity index (χ0) is 14.6. The van der Waals surface area contributed by atoms with Gasteiger partial charge in [0.25, 0.3) is 0 Å². The van der Waals surface area contributed by atoms with E-state index in [9.17, 15) is 35.9 Å². The van der Waals surface area contributed by atoms with Crippen molar-refractivity contribution < 1.29 is 49.5 Å². The molecule has 0 atom stereocenters. The fourth-order valence-electron chi connectivity index (χ4n) is 0.416. The lowest BCUT2D eigenvalue weighted by molar-refractivity contribution is -0.196. The Kier molecular flexibility index (Phi) is 5.81. The van der Waals surface area contributed by atoms with E-state index >= 15 is 0 Å². The Morgan fingerprint density at radius 1 is 0.944 bits per heavy atom. The molecule has 18 heavy (non-hydrogen) atoms. The molecule has 0 aliphatic carbocycles. The molecular formula is C6H5F6O5P. The van der Waals surface area contributed by atoms with Crippen molar-refractivity contribution in [1.82, 2.24) is 0 Å². The van der Waals surface area contributed by atoms with Crippen LogP contribution >= 0.6 is 8.60 Å². The van der Waals surface area contributed by atoms with E-state index in [4.69, 9.17) is 0 Å². The summed E-state index contributed by atoms with van der Waals surface area (Å²) in [5, 5.41) is 0. The van der Waals surface area contributed by atoms with E-state index in [1.54, 1.807) is 0 Å². The third-order valence-corrected chi connectivity index (χ3v) is 2.11. The molecule has 0 saturated carbocycles. The molecule has 0 heterocycles. The van der Waals surface area contributed by atoms with Gasteiger partial charge in [-0.05, 0) is 6.92 Å². The van der Waals surface area contributed by atoms with Crippen molar-refractivity contribution in [2.24, 2.45) is 0 Å². The molecule has 0 aromatic carbocycles. The van der Waals surface area contributed by atoms with Crippen LogP contribution in [0.25, 0.3) is 0 Å². The Labute approximate surface area is 97.0 Å². The molecule has 0 aliphatic heterocycles. The first kappa shape index (κ1) is 16.9. The third-order valence-electron chi connectivity index (χ3n) is 1.01. The number of carbonyl (C=O) groups excluding carboxylic acids is 2. The topological polar surface area (TPSA) is 61.8 Å². The van der Waals surface area contributed by atoms with Crippen molar-refractivity contribution in [1.29, 1.82) is 0 Å². The maximum Gasteiger partial charge on any atom is 0.491 e. The minimum atomic E-state index is -5.44. The van der Waals surface area contributed by atoms with Crippen LogP contribution in [0, 0.1) is 0 Å². The Morgan fingerprint density at radius 2 is 1.28 bits per heavy atom. The van der Waals surface area contributed by atoms with Crippen molar-refractivity contribution in [3.8, 4) is 0 Å². The molecule has 12 heteroatoms. The maximum atomic E-state index is 11.7. The fourth-order valence-corrected chi connectivity index (χ4v) is 1.25. The summed E-state index contributed by atoms with van der Waals surface area (Å²) in [6, 6.07) is 0. The average Bonchev–Trinajstić information content (AvgIpc) is 2.14. The molecule has 0 unspecified atom stereocenters. The molecule has 0 amide bonds. The minimum absolute atomic E-state index is 0.429. The van der Waals surface area contributed by atoms with Gasteiger partial charge in [-0.2, -0.15) is 26.3 Å². The van der Waals surface area contributed by atoms with Gasteiger partial charge in [0.05, 0.1) is 6.61 Å². The molecule has 106 valence electrons. The van der Waals surface area contributed by atoms with E-state index in [-0.39, 0.29) is 0 Å². The number of halogens is 6. The molecule has 0 spiro atoms. The lowest BCUT2D eigenvalue weighted by Crippen LogP contribution is -2.27. The predicted molar refractivity (Wildman–Crippen MR) is 42.8 cm³/mol. The van der Waals surface area contributed by atoms with Gasteiger partial charge in [-0.3, -0.25) is 4.52 Å². The van der Waals surface area contributed by atoms with Gasteiger partial charge in [-0.25, -0.2) is 9.59 Å². The molecule has 0 N–H and O–H groups in total. The highest BCUT2D eigenvalue weighted by Gasteiger charge is 2.47. The first-order valence-electron chi connectivity index (χ1n) is 3.99. The number of alkyl halides is 6. The van der Waals surface area contributed by atoms with Gasteiger partial charge >= 0.3 is 32.9 Å². The monoisotopic (exact) mass is 302 g/mol. The van der Waals surface area contributed by atoms with Crippen LogP contribution in [0.15, 0.2) is 0 Å². The van der Waals surface area contributed by atoms with E-state index < -0.39 is 39.5 Å². The Bertz CT molecular complexity index is 285. The molecule has 0 fully saturated rings. The molecule has 5 nitrogen and oxygen atoms in total. The van der Waals surface area contributed by atoms with Crippen molar-refractivity contribution >= 4 is 20.5 Å². The first-order valence-corrected chi connectivity index (χ1v) is 5.09. The summed E-state index contributed by atoms with van der Waals surface area (Å²) in [7, 11) is -3.41. The van der Waals surface area contributed by atoms with Gasteiger partial charge in [0, 0.05) is 0 Å². The second kappa shape index (κ2) is 6.19. The highest BCUT2D eigenvalue weighted by molar-refractivity contribution is 7.43. The lowest BCUT2D eigenvalue weighted by Gasteiger charge is -2.15. The van der Waals surface area contributed by atoms with E-state index in [1.807, 2.05) is 0 Å². The van der Waals surface area contributed by atoms with Crippen LogP contribution in [-0.2, 0) is 23.2 Å². The zero-order valence-electron chi connectivity index (χ0n) is 8.46. The van der Waals surface area contributed by atoms with Gasteiger partial charge < -0.3 is 9.05 Å². The quantitative estimate of drug-likeness (QED) is 0.589. The predicted octanol–water partition coefficient (Wildman–Crippen LogP) is 2.46. The van der Waals surface area contributed by atoms with Crippen LogP contribution < -0.4 is 0 Å². The summed E-state index contributed by atoms with van der Waals surface area (Å²) >= 11 is 0. The second-order valence-corrected chi connectivity index (χ2v) is 3.46. The van der Waals surface area contributed by atoms with E-state index in [2.05, 4.69) is 13.6 Å². The molecule has 0 bridgehead atoms. The van der Waals surface area contributed by atoms with Crippen molar-refractivity contribution in [2.45, 2.75) is 19.3 Å². The van der Waals surface area contributed by atoms with E-state index in [0.717, 1.165) is 0 Å². The van der Waals surface area contributed by atoms with Crippen LogP contribution in [0.2, 0.25) is 0 Å². The smallest absolute Gasteiger partial charge is 0.378 e. The molecule has 0 rings (SSSR count). The summed E-state index contributed by atoms with van der Waals surface area (Å²) in [6.45, 7) is 0.750. The van der Waals surface area contributed by atoms with Gasteiger partial charge in [0.1, 0.15) is 0 Å². The van der Waals surface area contributed by atoms with Crippen LogP contribution in [0.1, 0.15) is 6.92 Å². The van der Waals surface area contributed by atoms with Gasteiger partial charge in [0.2, 0.25) is 0 Å². The van der Waals surface area contributed by atoms with E-state index in [1.165, 1.54) is 6.92 Å². The standard InChI is InChI=1S/C6H5F6O5P/c1-2-15-18(16-3(13)5(7,8)9)17-4(14)6(10,11)12/h2H2,1H3. The molecule has 0 radical (unpaired) electrons. The summed E-state index contributed by atoms with van der Waals surface area (Å²) in [5.74, 6) is -5.64. The highest BCUT2D eigenvalue weighted by atomic mass is 31.2. The zero-order valence-corrected chi connectivity index (χ0v) is 9.36. The van der Waals surface area contributed by atoms with E-state index in [0.29, 0.717) is 0 Å². The normalized spacial score (nSPS) is 12.4. The Morgan fingerprint density at radius 3 is 1.50 bits per heavy atom. The summed E-state index contributed by atoms with van der Waals surface area (Å²) < 4.78 is 81.5. The Balaban J connectivity index is 4.59. The molecule has 0 aromatic rings. The number of rotatable bonds is 4. The van der Waals surface area contributed by atoms with Crippen LogP contribution in [0.3, 0.4) is 0 Å². The summed E-state index contributed by atoms with van der Waals surface area (Å²) in [5.41, 5.74) is 0. The SMILES string of the molecule is CCOP(OC(=O)C(F)(F)F)OC(=O)C(F)(F)F. The number of hydrogen-bond donors (Lipinski definition) is 0. The molecule has 0 aliphatic rings. The van der Waals surface area contributed by atoms with Crippen LogP contribution in [0.4, 0.5) is 26.3 Å². The third kappa shape index (κ3) is 6.01. The maximum absolute atomic E-state index is 11.7. The molecule has 0 aromatic heterocycles. The van der Waals surface area contributed by atoms with Crippen molar-refractivity contribution in [3.05, 3.63) is 0 Å². The number of hydrogen-bond acceptors (Lipinski definition) is 5. The minimum Gasteiger partial charge on any atom is -0.378 e. The van der Waals surface area contributed by atoms with Gasteiger partial charge in [-0.15, -0.1) is 0 Å².